The van der Waals surface area contributed by atoms with E-state index >= 15 is 0 Å². The van der Waals surface area contributed by atoms with Crippen molar-refractivity contribution in [2.24, 2.45) is 0 Å². The highest BCUT2D eigenvalue weighted by Gasteiger charge is 2.22. The first-order valence-electron chi connectivity index (χ1n) is 9.81. The van der Waals surface area contributed by atoms with E-state index in [0.29, 0.717) is 13.2 Å². The molecule has 170 valence electrons. The number of benzene rings is 2. The number of nitrogens with one attached hydrogen (secondary N) is 1. The molecule has 0 unspecified atom stereocenters. The maximum Gasteiger partial charge on any atom is 0.253 e. The lowest BCUT2D eigenvalue weighted by Gasteiger charge is -2.19. The van der Waals surface area contributed by atoms with Gasteiger partial charge in [-0.1, -0.05) is 6.07 Å². The van der Waals surface area contributed by atoms with Crippen LogP contribution in [0.15, 0.2) is 41.3 Å². The summed E-state index contributed by atoms with van der Waals surface area (Å²) < 4.78 is 43.5. The Hall–Kier alpha value is -2.62. The minimum atomic E-state index is -3.87. The third-order valence-corrected chi connectivity index (χ3v) is 6.02. The molecule has 0 spiro atoms. The molecule has 9 heteroatoms. The van der Waals surface area contributed by atoms with E-state index in [0.717, 1.165) is 16.9 Å². The first-order valence-corrected chi connectivity index (χ1v) is 11.3. The van der Waals surface area contributed by atoms with Crippen LogP contribution in [0, 0.1) is 13.8 Å². The third kappa shape index (κ3) is 6.95. The Bertz CT molecular complexity index is 987. The third-order valence-electron chi connectivity index (χ3n) is 4.54. The molecule has 0 bridgehead atoms. The predicted molar refractivity (Wildman–Crippen MR) is 118 cm³/mol. The Morgan fingerprint density at radius 3 is 2.32 bits per heavy atom. The molecule has 2 aromatic rings. The molecule has 0 atom stereocenters. The molecule has 0 saturated heterocycles. The number of sulfonamides is 1. The van der Waals surface area contributed by atoms with Gasteiger partial charge in [0.15, 0.2) is 0 Å². The van der Waals surface area contributed by atoms with Crippen LogP contribution in [0.2, 0.25) is 0 Å². The minimum absolute atomic E-state index is 0.100. The van der Waals surface area contributed by atoms with Gasteiger partial charge in [-0.05, 0) is 55.3 Å². The number of likely N-dealkylation sites (N-methyl/N-ethyl adjacent to an activating group) is 1. The molecule has 0 aliphatic rings. The van der Waals surface area contributed by atoms with E-state index in [1.807, 2.05) is 26.0 Å². The number of aryl methyl sites for hydroxylation is 2. The summed E-state index contributed by atoms with van der Waals surface area (Å²) in [6, 6.07) is 10.3. The van der Waals surface area contributed by atoms with E-state index in [9.17, 15) is 13.2 Å². The van der Waals surface area contributed by atoms with Crippen LogP contribution in [0.4, 0.5) is 0 Å². The summed E-state index contributed by atoms with van der Waals surface area (Å²) in [6.45, 7) is 4.97. The van der Waals surface area contributed by atoms with Gasteiger partial charge in [0.2, 0.25) is 10.0 Å². The predicted octanol–water partition coefficient (Wildman–Crippen LogP) is 2.39. The van der Waals surface area contributed by atoms with Crippen molar-refractivity contribution >= 4 is 15.9 Å². The highest BCUT2D eigenvalue weighted by molar-refractivity contribution is 7.89. The molecular formula is C22H30N2O6S. The molecule has 0 aromatic heterocycles. The van der Waals surface area contributed by atoms with Crippen LogP contribution in [0.1, 0.15) is 21.5 Å². The van der Waals surface area contributed by atoms with Gasteiger partial charge in [-0.15, -0.1) is 0 Å². The zero-order valence-electron chi connectivity index (χ0n) is 18.6. The Balaban J connectivity index is 2.09. The fourth-order valence-electron chi connectivity index (χ4n) is 3.01. The van der Waals surface area contributed by atoms with E-state index in [1.165, 1.54) is 37.3 Å². The lowest BCUT2D eigenvalue weighted by molar-refractivity contribution is 0.0773. The molecule has 2 rings (SSSR count). The fraction of sp³-hybridized carbons (Fsp3) is 0.409. The van der Waals surface area contributed by atoms with Crippen LogP contribution in [-0.2, 0) is 14.8 Å². The maximum absolute atomic E-state index is 12.8. The standard InChI is InChI=1S/C22H30N2O6S/c1-16-12-17(2)14-19(13-16)30-11-9-24(3)22(25)18-6-7-20(29-5)21(15-18)31(26,27)23-8-10-28-4/h6-7,12-15,23H,8-11H2,1-5H3. The topological polar surface area (TPSA) is 94.2 Å². The van der Waals surface area contributed by atoms with E-state index in [2.05, 4.69) is 10.8 Å². The molecule has 0 radical (unpaired) electrons. The number of nitrogens with zero attached hydrogens (tertiary/aromatic N) is 1. The zero-order valence-corrected chi connectivity index (χ0v) is 19.4. The van der Waals surface area contributed by atoms with Gasteiger partial charge >= 0.3 is 0 Å². The number of hydrogen-bond acceptors (Lipinski definition) is 6. The molecule has 1 N–H and O–H groups in total. The smallest absolute Gasteiger partial charge is 0.253 e. The van der Waals surface area contributed by atoms with Crippen molar-refractivity contribution in [3.05, 3.63) is 53.1 Å². The Morgan fingerprint density at radius 2 is 1.71 bits per heavy atom. The molecule has 2 aromatic carbocycles. The van der Waals surface area contributed by atoms with Gasteiger partial charge in [-0.2, -0.15) is 0 Å². The molecular weight excluding hydrogens is 420 g/mol. The van der Waals surface area contributed by atoms with Crippen LogP contribution in [0.5, 0.6) is 11.5 Å². The minimum Gasteiger partial charge on any atom is -0.495 e. The van der Waals surface area contributed by atoms with Gasteiger partial charge in [0.1, 0.15) is 23.0 Å². The summed E-state index contributed by atoms with van der Waals surface area (Å²) in [7, 11) is 0.629. The lowest BCUT2D eigenvalue weighted by atomic mass is 10.1. The molecule has 0 aliphatic heterocycles. The molecule has 8 nitrogen and oxygen atoms in total. The van der Waals surface area contributed by atoms with Crippen LogP contribution >= 0.6 is 0 Å². The van der Waals surface area contributed by atoms with Crippen molar-refractivity contribution in [3.8, 4) is 11.5 Å². The van der Waals surface area contributed by atoms with E-state index in [-0.39, 0.29) is 35.3 Å². The second-order valence-electron chi connectivity index (χ2n) is 7.15. The van der Waals surface area contributed by atoms with Crippen molar-refractivity contribution < 1.29 is 27.4 Å². The van der Waals surface area contributed by atoms with Crippen molar-refractivity contribution in [1.29, 1.82) is 0 Å². The normalized spacial score (nSPS) is 11.3. The SMILES string of the molecule is COCCNS(=O)(=O)c1cc(C(=O)N(C)CCOc2cc(C)cc(C)c2)ccc1OC. The van der Waals surface area contributed by atoms with Gasteiger partial charge in [-0.25, -0.2) is 13.1 Å². The lowest BCUT2D eigenvalue weighted by Crippen LogP contribution is -2.31. The molecule has 0 saturated carbocycles. The average Bonchev–Trinajstić information content (AvgIpc) is 2.72. The van der Waals surface area contributed by atoms with E-state index in [1.54, 1.807) is 7.05 Å². The number of ether oxygens (including phenoxy) is 3. The first kappa shape index (κ1) is 24.6. The van der Waals surface area contributed by atoms with Gasteiger partial charge in [-0.3, -0.25) is 4.79 Å². The number of rotatable bonds is 11. The Labute approximate surface area is 184 Å². The largest absolute Gasteiger partial charge is 0.495 e. The monoisotopic (exact) mass is 450 g/mol. The summed E-state index contributed by atoms with van der Waals surface area (Å²) in [6.07, 6.45) is 0. The van der Waals surface area contributed by atoms with Crippen molar-refractivity contribution in [2.75, 3.05) is 47.6 Å². The van der Waals surface area contributed by atoms with Gasteiger partial charge < -0.3 is 19.1 Å². The molecule has 0 fully saturated rings. The summed E-state index contributed by atoms with van der Waals surface area (Å²) >= 11 is 0. The maximum atomic E-state index is 12.8. The molecule has 1 amide bonds. The van der Waals surface area contributed by atoms with Gasteiger partial charge in [0.25, 0.3) is 5.91 Å². The number of hydrogen-bond donors (Lipinski definition) is 1. The quantitative estimate of drug-likeness (QED) is 0.529. The number of carbonyl (C=O) groups is 1. The second kappa shape index (κ2) is 11.1. The second-order valence-corrected chi connectivity index (χ2v) is 8.89. The summed E-state index contributed by atoms with van der Waals surface area (Å²) in [4.78, 5) is 14.2. The van der Waals surface area contributed by atoms with Crippen molar-refractivity contribution in [3.63, 3.8) is 0 Å². The zero-order chi connectivity index (χ0) is 23.0. The highest BCUT2D eigenvalue weighted by Crippen LogP contribution is 2.25. The van der Waals surface area contributed by atoms with Gasteiger partial charge in [0.05, 0.1) is 20.3 Å². The van der Waals surface area contributed by atoms with E-state index in [4.69, 9.17) is 14.2 Å². The molecule has 0 aliphatic carbocycles. The first-order chi connectivity index (χ1) is 14.7. The number of methoxy groups -OCH3 is 2. The van der Waals surface area contributed by atoms with Crippen LogP contribution in [0.25, 0.3) is 0 Å². The molecule has 31 heavy (non-hydrogen) atoms. The van der Waals surface area contributed by atoms with E-state index < -0.39 is 10.0 Å². The van der Waals surface area contributed by atoms with Crippen molar-refractivity contribution in [1.82, 2.24) is 9.62 Å². The summed E-state index contributed by atoms with van der Waals surface area (Å²) in [5.74, 6) is 0.584. The highest BCUT2D eigenvalue weighted by atomic mass is 32.2. The Morgan fingerprint density at radius 1 is 1.03 bits per heavy atom. The van der Waals surface area contributed by atoms with Gasteiger partial charge in [0, 0.05) is 26.3 Å². The Kier molecular flexibility index (Phi) is 8.85. The number of carbonyl (C=O) groups excluding carboxylic acids is 1. The molecule has 0 heterocycles. The van der Waals surface area contributed by atoms with Crippen molar-refractivity contribution in [2.45, 2.75) is 18.7 Å². The summed E-state index contributed by atoms with van der Waals surface area (Å²) in [5, 5.41) is 0. The van der Waals surface area contributed by atoms with Crippen LogP contribution in [-0.4, -0.2) is 66.8 Å². The van der Waals surface area contributed by atoms with Crippen LogP contribution < -0.4 is 14.2 Å². The fourth-order valence-corrected chi connectivity index (χ4v) is 4.22. The van der Waals surface area contributed by atoms with Crippen LogP contribution in [0.3, 0.4) is 0 Å². The summed E-state index contributed by atoms with van der Waals surface area (Å²) in [5.41, 5.74) is 2.44. The number of amides is 1. The average molecular weight is 451 g/mol.